The maximum absolute atomic E-state index is 14.2. The SMILES string of the molecule is CNC(=O)C1=C(Nc2nc(NC3(P(=O)(O)O)CC=C(C)C=C3OC)ncc2C(F)(F)F)C=CC[N+]1(CCCO)c1cn[nH]c1. The second-order valence-corrected chi connectivity index (χ2v) is 12.0. The van der Waals surface area contributed by atoms with Crippen molar-refractivity contribution in [1.82, 2.24) is 30.0 Å². The minimum absolute atomic E-state index is 0.0234. The zero-order chi connectivity index (χ0) is 32.3. The Kier molecular flexibility index (Phi) is 9.37. The van der Waals surface area contributed by atoms with Gasteiger partial charge in [-0.1, -0.05) is 11.6 Å². The van der Waals surface area contributed by atoms with Crippen LogP contribution in [0.1, 0.15) is 25.3 Å². The number of carbonyl (C=O) groups is 1. The van der Waals surface area contributed by atoms with Crippen LogP contribution in [0.5, 0.6) is 0 Å². The summed E-state index contributed by atoms with van der Waals surface area (Å²) in [6.07, 6.45) is 4.54. The summed E-state index contributed by atoms with van der Waals surface area (Å²) in [6, 6.07) is 0. The van der Waals surface area contributed by atoms with E-state index in [4.69, 9.17) is 4.74 Å². The average molecular weight is 642 g/mol. The van der Waals surface area contributed by atoms with Crippen molar-refractivity contribution in [3.05, 3.63) is 71.2 Å². The van der Waals surface area contributed by atoms with Gasteiger partial charge in [-0.25, -0.2) is 9.47 Å². The Hall–Kier alpha value is -4.02. The zero-order valence-corrected chi connectivity index (χ0v) is 24.9. The highest BCUT2D eigenvalue weighted by Crippen LogP contribution is 2.58. The average Bonchev–Trinajstić information content (AvgIpc) is 3.51. The summed E-state index contributed by atoms with van der Waals surface area (Å²) in [5, 5.41) is 21.8. The standard InChI is InChI=1S/C26H32F3N8O6P/c1-16-7-8-25(44(40,41)42,20(12-16)43-3)36-24-31-15-18(26(27,28)29)22(35-24)34-19-6-4-9-37(10-5-11-38,17-13-32-33-14-17)21(19)23(39)30-2/h4,6-7,12-15,38H,5,8-11H2,1-3H3,(H5-,30,31,32,33,34,35,36,39,40,41,42)/p+1. The predicted molar refractivity (Wildman–Crippen MR) is 155 cm³/mol. The van der Waals surface area contributed by atoms with E-state index in [2.05, 4.69) is 36.1 Å². The molecule has 2 aromatic heterocycles. The number of allylic oxidation sites excluding steroid dienone is 3. The van der Waals surface area contributed by atoms with E-state index < -0.39 is 42.3 Å². The minimum Gasteiger partial charge on any atom is -0.498 e. The Morgan fingerprint density at radius 2 is 2.05 bits per heavy atom. The van der Waals surface area contributed by atoms with Gasteiger partial charge in [-0.3, -0.25) is 14.5 Å². The van der Waals surface area contributed by atoms with Crippen LogP contribution >= 0.6 is 7.60 Å². The number of halogens is 3. The van der Waals surface area contributed by atoms with Gasteiger partial charge >= 0.3 is 19.7 Å². The number of nitrogens with zero attached hydrogens (tertiary/aromatic N) is 4. The Morgan fingerprint density at radius 3 is 2.64 bits per heavy atom. The number of methoxy groups -OCH3 is 1. The van der Waals surface area contributed by atoms with Gasteiger partial charge in [0.05, 0.1) is 19.9 Å². The van der Waals surface area contributed by atoms with Gasteiger partial charge in [-0.15, -0.1) is 0 Å². The molecule has 0 saturated heterocycles. The summed E-state index contributed by atoms with van der Waals surface area (Å²) in [7, 11) is -2.51. The Balaban J connectivity index is 1.88. The van der Waals surface area contributed by atoms with Crippen LogP contribution in [0.15, 0.2) is 65.6 Å². The topological polar surface area (TPSA) is 195 Å². The second kappa shape index (κ2) is 12.5. The van der Waals surface area contributed by atoms with Crippen LogP contribution < -0.4 is 20.4 Å². The van der Waals surface area contributed by atoms with Gasteiger partial charge in [-0.05, 0) is 25.2 Å². The number of rotatable bonds is 11. The molecule has 14 nitrogen and oxygen atoms in total. The Bertz CT molecular complexity index is 1570. The summed E-state index contributed by atoms with van der Waals surface area (Å²) >= 11 is 0. The Labute approximate surface area is 250 Å². The maximum atomic E-state index is 14.2. The van der Waals surface area contributed by atoms with Gasteiger partial charge in [0, 0.05) is 32.7 Å². The summed E-state index contributed by atoms with van der Waals surface area (Å²) in [5.74, 6) is -2.10. The van der Waals surface area contributed by atoms with Crippen LogP contribution in [0, 0.1) is 0 Å². The van der Waals surface area contributed by atoms with Crippen molar-refractivity contribution in [2.45, 2.75) is 31.2 Å². The number of likely N-dealkylation sites (N-methyl/N-ethyl adjacent to an activating group) is 1. The molecule has 4 rings (SSSR count). The number of aromatic amines is 1. The van der Waals surface area contributed by atoms with Crippen LogP contribution in [-0.2, 0) is 20.3 Å². The van der Waals surface area contributed by atoms with Crippen LogP contribution in [0.4, 0.5) is 30.6 Å². The molecule has 0 saturated carbocycles. The van der Waals surface area contributed by atoms with E-state index in [9.17, 15) is 37.4 Å². The van der Waals surface area contributed by atoms with Crippen molar-refractivity contribution >= 4 is 31.0 Å². The first-order chi connectivity index (χ1) is 20.7. The number of quaternary nitrogens is 1. The fourth-order valence-corrected chi connectivity index (χ4v) is 6.22. The summed E-state index contributed by atoms with van der Waals surface area (Å²) in [5.41, 5.74) is -0.139. The summed E-state index contributed by atoms with van der Waals surface area (Å²) in [4.78, 5) is 41.8. The third-order valence-corrected chi connectivity index (χ3v) is 8.88. The molecular formula is C26H33F3N8O6P+. The molecular weight excluding hydrogens is 608 g/mol. The number of aliphatic hydroxyl groups excluding tert-OH is 1. The highest BCUT2D eigenvalue weighted by molar-refractivity contribution is 7.54. The van der Waals surface area contributed by atoms with Crippen molar-refractivity contribution in [3.8, 4) is 0 Å². The third-order valence-electron chi connectivity index (χ3n) is 7.37. The predicted octanol–water partition coefficient (Wildman–Crippen LogP) is 2.71. The maximum Gasteiger partial charge on any atom is 0.421 e. The number of alkyl halides is 3. The number of aliphatic hydroxyl groups is 1. The Morgan fingerprint density at radius 1 is 1.30 bits per heavy atom. The van der Waals surface area contributed by atoms with E-state index in [1.807, 2.05) is 0 Å². The summed E-state index contributed by atoms with van der Waals surface area (Å²) < 4.78 is 60.5. The molecule has 0 fully saturated rings. The van der Waals surface area contributed by atoms with Crippen LogP contribution in [0.25, 0.3) is 0 Å². The van der Waals surface area contributed by atoms with Gasteiger partial charge < -0.3 is 35.6 Å². The molecule has 0 bridgehead atoms. The van der Waals surface area contributed by atoms with E-state index in [1.54, 1.807) is 19.2 Å². The van der Waals surface area contributed by atoms with E-state index >= 15 is 0 Å². The molecule has 1 aliphatic heterocycles. The number of hydrogen-bond acceptors (Lipinski definition) is 9. The lowest BCUT2D eigenvalue weighted by Crippen LogP contribution is -2.55. The van der Waals surface area contributed by atoms with Crippen molar-refractivity contribution in [3.63, 3.8) is 0 Å². The number of ether oxygens (including phenoxy) is 1. The van der Waals surface area contributed by atoms with Gasteiger partial charge in [0.2, 0.25) is 16.9 Å². The zero-order valence-electron chi connectivity index (χ0n) is 24.0. The molecule has 7 N–H and O–H groups in total. The molecule has 2 aromatic rings. The fourth-order valence-electron chi connectivity index (χ4n) is 5.20. The lowest BCUT2D eigenvalue weighted by atomic mass is 10.0. The van der Waals surface area contributed by atoms with Crippen molar-refractivity contribution in [1.29, 1.82) is 0 Å². The largest absolute Gasteiger partial charge is 0.498 e. The molecule has 2 unspecified atom stereocenters. The quantitative estimate of drug-likeness (QED) is 0.141. The van der Waals surface area contributed by atoms with Gasteiger partial charge in [0.1, 0.15) is 35.6 Å². The number of nitrogens with one attached hydrogen (secondary N) is 4. The van der Waals surface area contributed by atoms with Crippen molar-refractivity contribution in [2.75, 3.05) is 44.5 Å². The number of hydrogen-bond donors (Lipinski definition) is 7. The molecule has 44 heavy (non-hydrogen) atoms. The first kappa shape index (κ1) is 32.9. The van der Waals surface area contributed by atoms with Crippen LogP contribution in [0.2, 0.25) is 0 Å². The monoisotopic (exact) mass is 641 g/mol. The van der Waals surface area contributed by atoms with Crippen LogP contribution in [0.3, 0.4) is 0 Å². The van der Waals surface area contributed by atoms with Gasteiger partial charge in [0.25, 0.3) is 0 Å². The molecule has 0 spiro atoms. The number of H-pyrrole nitrogens is 1. The van der Waals surface area contributed by atoms with Crippen molar-refractivity contribution in [2.24, 2.45) is 0 Å². The van der Waals surface area contributed by atoms with E-state index in [-0.39, 0.29) is 54.2 Å². The summed E-state index contributed by atoms with van der Waals surface area (Å²) in [6.45, 7) is 1.90. The molecule has 2 atom stereocenters. The molecule has 18 heteroatoms. The number of carbonyl (C=O) groups excluding carboxylic acids is 1. The number of aromatic nitrogens is 4. The molecule has 2 aliphatic rings. The van der Waals surface area contributed by atoms with E-state index in [0.29, 0.717) is 17.5 Å². The number of anilines is 2. The van der Waals surface area contributed by atoms with E-state index in [1.165, 1.54) is 38.6 Å². The van der Waals surface area contributed by atoms with E-state index in [0.717, 1.165) is 0 Å². The normalized spacial score (nSPS) is 22.3. The molecule has 1 aliphatic carbocycles. The smallest absolute Gasteiger partial charge is 0.421 e. The first-order valence-electron chi connectivity index (χ1n) is 13.3. The second-order valence-electron chi connectivity index (χ2n) is 10.1. The molecule has 3 heterocycles. The lowest BCUT2D eigenvalue weighted by Gasteiger charge is -2.39. The van der Waals surface area contributed by atoms with Gasteiger partial charge in [0.15, 0.2) is 5.69 Å². The molecule has 238 valence electrons. The first-order valence-corrected chi connectivity index (χ1v) is 14.9. The fraction of sp³-hybridized carbons (Fsp3) is 0.385. The minimum atomic E-state index is -5.09. The highest BCUT2D eigenvalue weighted by Gasteiger charge is 2.53. The van der Waals surface area contributed by atoms with Crippen molar-refractivity contribution < 1.29 is 42.2 Å². The molecule has 0 aromatic carbocycles. The highest BCUT2D eigenvalue weighted by atomic mass is 31.2. The van der Waals surface area contributed by atoms with Gasteiger partial charge in [-0.2, -0.15) is 23.3 Å². The number of amides is 1. The third kappa shape index (κ3) is 6.14. The van der Waals surface area contributed by atoms with Crippen LogP contribution in [-0.4, -0.2) is 80.1 Å². The lowest BCUT2D eigenvalue weighted by molar-refractivity contribution is -0.137. The molecule has 0 radical (unpaired) electrons. The molecule has 1 amide bonds.